The van der Waals surface area contributed by atoms with E-state index in [0.717, 1.165) is 43.1 Å². The van der Waals surface area contributed by atoms with E-state index in [2.05, 4.69) is 17.6 Å². The van der Waals surface area contributed by atoms with Gasteiger partial charge >= 0.3 is 6.03 Å². The molecule has 0 radical (unpaired) electrons. The number of carbonyl (C=O) groups excluding carboxylic acids is 1. The second-order valence-corrected chi connectivity index (χ2v) is 5.77. The van der Waals surface area contributed by atoms with E-state index in [1.165, 1.54) is 19.3 Å². The summed E-state index contributed by atoms with van der Waals surface area (Å²) in [5.74, 6) is 3.57. The molecule has 90 valence electrons. The predicted molar refractivity (Wildman–Crippen MR) is 63.0 cm³/mol. The number of amides is 2. The van der Waals surface area contributed by atoms with Gasteiger partial charge in [-0.1, -0.05) is 13.3 Å². The number of nitrogens with one attached hydrogen (secondary N) is 2. The first kappa shape index (κ1) is 10.4. The number of urea groups is 1. The lowest BCUT2D eigenvalue weighted by molar-refractivity contribution is 0.238. The Balaban J connectivity index is 1.43. The van der Waals surface area contributed by atoms with E-state index in [4.69, 9.17) is 0 Å². The van der Waals surface area contributed by atoms with Crippen LogP contribution in [0.15, 0.2) is 0 Å². The standard InChI is InChI=1S/C13H22N2O/c1-2-3-6-14-13(16)15-12-10-8-4-5-9(7-8)11(10)12/h8-12H,2-7H2,1H3,(H2,14,15,16)/t8-,9-,10+,11+/m0/s1. The largest absolute Gasteiger partial charge is 0.338 e. The molecule has 3 aliphatic rings. The molecule has 3 saturated carbocycles. The molecule has 3 fully saturated rings. The molecule has 0 aromatic heterocycles. The molecule has 0 unspecified atom stereocenters. The van der Waals surface area contributed by atoms with Gasteiger partial charge < -0.3 is 10.6 Å². The highest BCUT2D eigenvalue weighted by Gasteiger charge is 2.65. The maximum atomic E-state index is 11.6. The molecule has 2 N–H and O–H groups in total. The molecule has 2 bridgehead atoms. The van der Waals surface area contributed by atoms with Crippen LogP contribution in [0.4, 0.5) is 4.79 Å². The highest BCUT2D eigenvalue weighted by molar-refractivity contribution is 5.74. The Morgan fingerprint density at radius 1 is 1.25 bits per heavy atom. The van der Waals surface area contributed by atoms with E-state index in [1.54, 1.807) is 0 Å². The van der Waals surface area contributed by atoms with Crippen LogP contribution in [0, 0.1) is 23.7 Å². The summed E-state index contributed by atoms with van der Waals surface area (Å²) in [6, 6.07) is 0.583. The van der Waals surface area contributed by atoms with Crippen molar-refractivity contribution in [3.05, 3.63) is 0 Å². The summed E-state index contributed by atoms with van der Waals surface area (Å²) < 4.78 is 0. The third kappa shape index (κ3) is 1.61. The van der Waals surface area contributed by atoms with Crippen molar-refractivity contribution in [1.82, 2.24) is 10.6 Å². The smallest absolute Gasteiger partial charge is 0.315 e. The van der Waals surface area contributed by atoms with Gasteiger partial charge in [-0.05, 0) is 49.4 Å². The van der Waals surface area contributed by atoms with Crippen molar-refractivity contribution in [1.29, 1.82) is 0 Å². The first-order chi connectivity index (χ1) is 7.81. The van der Waals surface area contributed by atoms with Gasteiger partial charge in [0.1, 0.15) is 0 Å². The van der Waals surface area contributed by atoms with Crippen molar-refractivity contribution in [3.63, 3.8) is 0 Å². The van der Waals surface area contributed by atoms with Gasteiger partial charge in [0.15, 0.2) is 0 Å². The monoisotopic (exact) mass is 222 g/mol. The first-order valence-electron chi connectivity index (χ1n) is 6.85. The van der Waals surface area contributed by atoms with Crippen LogP contribution in [0.5, 0.6) is 0 Å². The topological polar surface area (TPSA) is 41.1 Å². The fourth-order valence-electron chi connectivity index (χ4n) is 4.10. The third-order valence-electron chi connectivity index (χ3n) is 4.85. The van der Waals surface area contributed by atoms with E-state index in [1.807, 2.05) is 0 Å². The summed E-state index contributed by atoms with van der Waals surface area (Å²) in [5, 5.41) is 6.11. The zero-order valence-electron chi connectivity index (χ0n) is 10.0. The maximum absolute atomic E-state index is 11.6. The summed E-state index contributed by atoms with van der Waals surface area (Å²) >= 11 is 0. The Hall–Kier alpha value is -0.730. The summed E-state index contributed by atoms with van der Waals surface area (Å²) in [6.45, 7) is 2.96. The van der Waals surface area contributed by atoms with Crippen molar-refractivity contribution in [2.75, 3.05) is 6.54 Å². The van der Waals surface area contributed by atoms with Gasteiger partial charge in [0.05, 0.1) is 0 Å². The fourth-order valence-corrected chi connectivity index (χ4v) is 4.10. The molecular formula is C13H22N2O. The normalized spacial score (nSPS) is 42.9. The van der Waals surface area contributed by atoms with Gasteiger partial charge in [-0.2, -0.15) is 0 Å². The highest BCUT2D eigenvalue weighted by atomic mass is 16.2. The van der Waals surface area contributed by atoms with E-state index in [9.17, 15) is 4.79 Å². The van der Waals surface area contributed by atoms with Crippen LogP contribution in [0.1, 0.15) is 39.0 Å². The lowest BCUT2D eigenvalue weighted by atomic mass is 10.0. The minimum absolute atomic E-state index is 0.0623. The van der Waals surface area contributed by atoms with Crippen molar-refractivity contribution in [3.8, 4) is 0 Å². The van der Waals surface area contributed by atoms with Crippen LogP contribution >= 0.6 is 0 Å². The third-order valence-corrected chi connectivity index (χ3v) is 4.85. The second-order valence-electron chi connectivity index (χ2n) is 5.77. The summed E-state index contributed by atoms with van der Waals surface area (Å²) in [5.41, 5.74) is 0. The molecule has 3 aliphatic carbocycles. The zero-order chi connectivity index (χ0) is 11.1. The number of hydrogen-bond acceptors (Lipinski definition) is 1. The van der Waals surface area contributed by atoms with Crippen LogP contribution in [0.25, 0.3) is 0 Å². The minimum Gasteiger partial charge on any atom is -0.338 e. The number of carbonyl (C=O) groups is 1. The van der Waals surface area contributed by atoms with Crippen LogP contribution in [-0.2, 0) is 0 Å². The van der Waals surface area contributed by atoms with Crippen molar-refractivity contribution >= 4 is 6.03 Å². The van der Waals surface area contributed by atoms with Crippen LogP contribution in [-0.4, -0.2) is 18.6 Å². The zero-order valence-corrected chi connectivity index (χ0v) is 10.0. The number of fused-ring (bicyclic) bond motifs is 5. The molecular weight excluding hydrogens is 200 g/mol. The number of hydrogen-bond donors (Lipinski definition) is 2. The molecule has 0 saturated heterocycles. The molecule has 16 heavy (non-hydrogen) atoms. The molecule has 0 aromatic rings. The van der Waals surface area contributed by atoms with Crippen molar-refractivity contribution in [2.24, 2.45) is 23.7 Å². The summed E-state index contributed by atoms with van der Waals surface area (Å²) in [6.07, 6.45) is 6.50. The highest BCUT2D eigenvalue weighted by Crippen LogP contribution is 2.65. The molecule has 0 spiro atoms. The molecule has 2 amide bonds. The summed E-state index contributed by atoms with van der Waals surface area (Å²) in [4.78, 5) is 11.6. The SMILES string of the molecule is CCCCNC(=O)NC1[C@@H]2[C@H]3CC[C@@H](C3)[C@@H]12. The lowest BCUT2D eigenvalue weighted by Crippen LogP contribution is -2.39. The Kier molecular flexibility index (Phi) is 2.56. The van der Waals surface area contributed by atoms with Crippen LogP contribution < -0.4 is 10.6 Å². The van der Waals surface area contributed by atoms with E-state index < -0.39 is 0 Å². The Labute approximate surface area is 97.4 Å². The van der Waals surface area contributed by atoms with Gasteiger partial charge in [0.25, 0.3) is 0 Å². The quantitative estimate of drug-likeness (QED) is 0.703. The minimum atomic E-state index is 0.0623. The van der Waals surface area contributed by atoms with Gasteiger partial charge in [-0.25, -0.2) is 4.79 Å². The summed E-state index contributed by atoms with van der Waals surface area (Å²) in [7, 11) is 0. The van der Waals surface area contributed by atoms with Crippen LogP contribution in [0.2, 0.25) is 0 Å². The van der Waals surface area contributed by atoms with Gasteiger partial charge in [0, 0.05) is 12.6 Å². The number of rotatable bonds is 4. The van der Waals surface area contributed by atoms with Crippen molar-refractivity contribution < 1.29 is 4.79 Å². The van der Waals surface area contributed by atoms with Gasteiger partial charge in [0.2, 0.25) is 0 Å². The second kappa shape index (κ2) is 3.94. The molecule has 3 nitrogen and oxygen atoms in total. The van der Waals surface area contributed by atoms with Crippen molar-refractivity contribution in [2.45, 2.75) is 45.1 Å². The van der Waals surface area contributed by atoms with E-state index in [0.29, 0.717) is 6.04 Å². The van der Waals surface area contributed by atoms with Gasteiger partial charge in [-0.15, -0.1) is 0 Å². The first-order valence-corrected chi connectivity index (χ1v) is 6.85. The van der Waals surface area contributed by atoms with E-state index in [-0.39, 0.29) is 6.03 Å². The molecule has 4 atom stereocenters. The Morgan fingerprint density at radius 3 is 2.56 bits per heavy atom. The fraction of sp³-hybridized carbons (Fsp3) is 0.923. The molecule has 3 heteroatoms. The molecule has 0 aromatic carbocycles. The Morgan fingerprint density at radius 2 is 1.94 bits per heavy atom. The Bertz CT molecular complexity index is 276. The molecule has 3 rings (SSSR count). The molecule has 0 heterocycles. The van der Waals surface area contributed by atoms with E-state index >= 15 is 0 Å². The number of unbranched alkanes of at least 4 members (excludes halogenated alkanes) is 1. The average Bonchev–Trinajstić information content (AvgIpc) is 2.70. The molecule has 0 aliphatic heterocycles. The lowest BCUT2D eigenvalue weighted by Gasteiger charge is -2.11. The predicted octanol–water partition coefficient (Wildman–Crippen LogP) is 2.13. The average molecular weight is 222 g/mol. The van der Waals surface area contributed by atoms with Gasteiger partial charge in [-0.3, -0.25) is 0 Å². The van der Waals surface area contributed by atoms with Crippen LogP contribution in [0.3, 0.4) is 0 Å². The maximum Gasteiger partial charge on any atom is 0.315 e.